The normalized spacial score (nSPS) is 12.9. The van der Waals surface area contributed by atoms with Crippen molar-refractivity contribution in [3.63, 3.8) is 0 Å². The van der Waals surface area contributed by atoms with Gasteiger partial charge in [0.15, 0.2) is 17.8 Å². The molecule has 0 radical (unpaired) electrons. The lowest BCUT2D eigenvalue weighted by Gasteiger charge is -2.19. The molecule has 212 valence electrons. The zero-order valence-corrected chi connectivity index (χ0v) is 22.2. The van der Waals surface area contributed by atoms with Crippen LogP contribution < -0.4 is 16.7 Å². The molecule has 4 N–H and O–H groups in total. The molecular weight excluding hydrogens is 553 g/mol. The van der Waals surface area contributed by atoms with Crippen LogP contribution in [0.15, 0.2) is 59.7 Å². The fourth-order valence-electron chi connectivity index (χ4n) is 3.69. The Kier molecular flexibility index (Phi) is 8.14. The Labute approximate surface area is 231 Å². The molecule has 0 bridgehead atoms. The van der Waals surface area contributed by atoms with Gasteiger partial charge in [-0.25, -0.2) is 19.1 Å². The summed E-state index contributed by atoms with van der Waals surface area (Å²) in [6, 6.07) is 12.6. The summed E-state index contributed by atoms with van der Waals surface area (Å²) in [5.74, 6) is -0.379. The second-order valence-corrected chi connectivity index (χ2v) is 10.2. The van der Waals surface area contributed by atoms with E-state index in [1.54, 1.807) is 38.1 Å². The zero-order valence-electron chi connectivity index (χ0n) is 21.4. The standard InChI is InChI=1S/C25H26ClF3N8O3/c1-24(2,30)13-31-22(39)17-5-3-4-6-18(17)37-14-32-20(33-37)12-36-23(40)35(11-19(38)25(27,28)29)21(34-36)15-7-9-16(26)10-8-15/h3-10,14,19,38H,11-13,30H2,1-2H3,(H,31,39). The number of aromatic nitrogens is 6. The summed E-state index contributed by atoms with van der Waals surface area (Å²) in [6.45, 7) is 2.41. The van der Waals surface area contributed by atoms with Crippen LogP contribution in [0.5, 0.6) is 0 Å². The Morgan fingerprint density at radius 3 is 2.45 bits per heavy atom. The molecule has 4 aromatic rings. The minimum Gasteiger partial charge on any atom is -0.382 e. The van der Waals surface area contributed by atoms with Crippen LogP contribution in [0.3, 0.4) is 0 Å². The minimum atomic E-state index is -4.95. The maximum atomic E-state index is 13.1. The lowest BCUT2D eigenvalue weighted by Crippen LogP contribution is -2.45. The lowest BCUT2D eigenvalue weighted by atomic mass is 10.1. The van der Waals surface area contributed by atoms with Crippen LogP contribution in [0.1, 0.15) is 30.0 Å². The summed E-state index contributed by atoms with van der Waals surface area (Å²) in [5, 5.41) is 21.3. The maximum Gasteiger partial charge on any atom is 0.416 e. The van der Waals surface area contributed by atoms with E-state index in [2.05, 4.69) is 20.5 Å². The third-order valence-electron chi connectivity index (χ3n) is 5.69. The van der Waals surface area contributed by atoms with Gasteiger partial charge in [-0.15, -0.1) is 10.2 Å². The highest BCUT2D eigenvalue weighted by Crippen LogP contribution is 2.24. The molecule has 0 aliphatic carbocycles. The van der Waals surface area contributed by atoms with E-state index < -0.39 is 30.1 Å². The number of halogens is 4. The van der Waals surface area contributed by atoms with Crippen LogP contribution in [-0.4, -0.2) is 64.5 Å². The first-order chi connectivity index (χ1) is 18.7. The number of nitrogens with zero attached hydrogens (tertiary/aromatic N) is 6. The monoisotopic (exact) mass is 578 g/mol. The second-order valence-electron chi connectivity index (χ2n) is 9.73. The molecule has 0 saturated heterocycles. The molecule has 1 unspecified atom stereocenters. The fraction of sp³-hybridized carbons (Fsp3) is 0.320. The summed E-state index contributed by atoms with van der Waals surface area (Å²) in [7, 11) is 0. The van der Waals surface area contributed by atoms with Gasteiger partial charge in [-0.2, -0.15) is 13.2 Å². The summed E-state index contributed by atoms with van der Waals surface area (Å²) in [5.41, 5.74) is 5.44. The highest BCUT2D eigenvalue weighted by Gasteiger charge is 2.39. The van der Waals surface area contributed by atoms with Crippen LogP contribution in [0.2, 0.25) is 5.02 Å². The predicted octanol–water partition coefficient (Wildman–Crippen LogP) is 2.38. The summed E-state index contributed by atoms with van der Waals surface area (Å²) < 4.78 is 42.3. The van der Waals surface area contributed by atoms with Crippen molar-refractivity contribution in [2.24, 2.45) is 5.73 Å². The number of nitrogens with two attached hydrogens (primary N) is 1. The molecule has 0 aliphatic rings. The van der Waals surface area contributed by atoms with E-state index in [1.807, 2.05) is 0 Å². The van der Waals surface area contributed by atoms with Crippen molar-refractivity contribution in [1.82, 2.24) is 34.4 Å². The first-order valence-corrected chi connectivity index (χ1v) is 12.4. The Bertz CT molecular complexity index is 1550. The van der Waals surface area contributed by atoms with Crippen molar-refractivity contribution in [3.8, 4) is 17.1 Å². The fourth-order valence-corrected chi connectivity index (χ4v) is 3.81. The van der Waals surface area contributed by atoms with Crippen molar-refractivity contribution < 1.29 is 23.1 Å². The van der Waals surface area contributed by atoms with Crippen molar-refractivity contribution >= 4 is 17.5 Å². The van der Waals surface area contributed by atoms with E-state index in [0.29, 0.717) is 21.8 Å². The summed E-state index contributed by atoms with van der Waals surface area (Å²) in [4.78, 5) is 30.1. The van der Waals surface area contributed by atoms with Gasteiger partial charge in [-0.05, 0) is 50.2 Å². The number of rotatable bonds is 9. The number of hydrogen-bond acceptors (Lipinski definition) is 7. The van der Waals surface area contributed by atoms with Crippen molar-refractivity contribution in [2.45, 2.75) is 44.8 Å². The molecule has 0 fully saturated rings. The van der Waals surface area contributed by atoms with E-state index >= 15 is 0 Å². The van der Waals surface area contributed by atoms with Crippen molar-refractivity contribution in [3.05, 3.63) is 81.8 Å². The van der Waals surface area contributed by atoms with Gasteiger partial charge in [0.05, 0.1) is 17.8 Å². The minimum absolute atomic E-state index is 0.101. The van der Waals surface area contributed by atoms with Crippen LogP contribution in [0, 0.1) is 0 Å². The third-order valence-corrected chi connectivity index (χ3v) is 5.94. The van der Waals surface area contributed by atoms with Gasteiger partial charge in [0.2, 0.25) is 0 Å². The molecule has 2 aromatic carbocycles. The molecule has 11 nitrogen and oxygen atoms in total. The number of hydrogen-bond donors (Lipinski definition) is 3. The summed E-state index contributed by atoms with van der Waals surface area (Å²) >= 11 is 5.92. The van der Waals surface area contributed by atoms with E-state index in [4.69, 9.17) is 17.3 Å². The Hall–Kier alpha value is -4.01. The third kappa shape index (κ3) is 6.76. The molecule has 0 aliphatic heterocycles. The number of nitrogens with one attached hydrogen (secondary N) is 1. The average molecular weight is 579 g/mol. The molecule has 2 heterocycles. The topological polar surface area (TPSA) is 146 Å². The van der Waals surface area contributed by atoms with E-state index in [-0.39, 0.29) is 30.6 Å². The first-order valence-electron chi connectivity index (χ1n) is 12.0. The number of amides is 1. The van der Waals surface area contributed by atoms with E-state index in [1.165, 1.54) is 35.3 Å². The van der Waals surface area contributed by atoms with Crippen molar-refractivity contribution in [2.75, 3.05) is 6.54 Å². The largest absolute Gasteiger partial charge is 0.416 e. The van der Waals surface area contributed by atoms with Gasteiger partial charge in [0, 0.05) is 22.7 Å². The summed E-state index contributed by atoms with van der Waals surface area (Å²) in [6.07, 6.45) is -6.40. The Morgan fingerprint density at radius 2 is 1.80 bits per heavy atom. The smallest absolute Gasteiger partial charge is 0.382 e. The van der Waals surface area contributed by atoms with Crippen LogP contribution in [0.4, 0.5) is 13.2 Å². The number of carbonyl (C=O) groups excluding carboxylic acids is 1. The predicted molar refractivity (Wildman–Crippen MR) is 140 cm³/mol. The second kappa shape index (κ2) is 11.2. The van der Waals surface area contributed by atoms with Gasteiger partial charge in [0.1, 0.15) is 12.9 Å². The van der Waals surface area contributed by atoms with Crippen LogP contribution >= 0.6 is 11.6 Å². The number of alkyl halides is 3. The van der Waals surface area contributed by atoms with Gasteiger partial charge < -0.3 is 16.2 Å². The number of carbonyl (C=O) groups is 1. The molecule has 1 atom stereocenters. The van der Waals surface area contributed by atoms with Gasteiger partial charge in [-0.3, -0.25) is 9.36 Å². The number of para-hydroxylation sites is 1. The van der Waals surface area contributed by atoms with Gasteiger partial charge in [-0.1, -0.05) is 23.7 Å². The first kappa shape index (κ1) is 29.0. The molecule has 15 heteroatoms. The lowest BCUT2D eigenvalue weighted by molar-refractivity contribution is -0.207. The SMILES string of the molecule is CC(C)(N)CNC(=O)c1ccccc1-n1cnc(Cn2nc(-c3ccc(Cl)cc3)n(CC(O)C(F)(F)F)c2=O)n1. The van der Waals surface area contributed by atoms with E-state index in [9.17, 15) is 27.9 Å². The highest BCUT2D eigenvalue weighted by atomic mass is 35.5. The molecule has 0 spiro atoms. The average Bonchev–Trinajstić information content (AvgIpc) is 3.47. The zero-order chi connectivity index (χ0) is 29.2. The molecule has 1 amide bonds. The quantitative estimate of drug-likeness (QED) is 0.276. The molecule has 40 heavy (non-hydrogen) atoms. The molecule has 4 rings (SSSR count). The highest BCUT2D eigenvalue weighted by molar-refractivity contribution is 6.30. The van der Waals surface area contributed by atoms with Crippen LogP contribution in [-0.2, 0) is 13.1 Å². The maximum absolute atomic E-state index is 13.1. The van der Waals surface area contributed by atoms with E-state index in [0.717, 1.165) is 9.25 Å². The Balaban J connectivity index is 1.65. The van der Waals surface area contributed by atoms with Gasteiger partial charge >= 0.3 is 11.9 Å². The number of aliphatic hydroxyl groups excluding tert-OH is 1. The van der Waals surface area contributed by atoms with Gasteiger partial charge in [0.25, 0.3) is 5.91 Å². The molecule has 0 saturated carbocycles. The number of aliphatic hydroxyl groups is 1. The van der Waals surface area contributed by atoms with Crippen LogP contribution in [0.25, 0.3) is 17.1 Å². The Morgan fingerprint density at radius 1 is 1.12 bits per heavy atom. The molecule has 2 aromatic heterocycles. The number of benzene rings is 2. The molecular formula is C25H26ClF3N8O3. The van der Waals surface area contributed by atoms with Crippen molar-refractivity contribution in [1.29, 1.82) is 0 Å².